The third-order valence-corrected chi connectivity index (χ3v) is 6.48. The molecule has 0 unspecified atom stereocenters. The van der Waals surface area contributed by atoms with Gasteiger partial charge in [0, 0.05) is 10.9 Å². The van der Waals surface area contributed by atoms with E-state index in [1.165, 1.54) is 0 Å². The highest BCUT2D eigenvalue weighted by Gasteiger charge is 2.18. The molecule has 0 saturated heterocycles. The number of benzene rings is 2. The van der Waals surface area contributed by atoms with E-state index >= 15 is 0 Å². The lowest BCUT2D eigenvalue weighted by Gasteiger charge is -2.17. The predicted molar refractivity (Wildman–Crippen MR) is 122 cm³/mol. The molecule has 0 aliphatic carbocycles. The highest BCUT2D eigenvalue weighted by atomic mass is 32.2. The van der Waals surface area contributed by atoms with Gasteiger partial charge in [0.1, 0.15) is 11.0 Å². The Labute approximate surface area is 174 Å². The molecule has 0 fully saturated rings. The summed E-state index contributed by atoms with van der Waals surface area (Å²) in [6.45, 7) is 9.72. The van der Waals surface area contributed by atoms with Crippen LogP contribution in [0.15, 0.2) is 58.5 Å². The monoisotopic (exact) mass is 407 g/mol. The van der Waals surface area contributed by atoms with Crippen molar-refractivity contribution in [2.45, 2.75) is 25.9 Å². The van der Waals surface area contributed by atoms with Gasteiger partial charge < -0.3 is 9.88 Å². The molecule has 0 saturated carbocycles. The smallest absolute Gasteiger partial charge is 0.283 e. The molecular formula is C23H27N4OS+. The van der Waals surface area contributed by atoms with Gasteiger partial charge in [0.05, 0.1) is 31.1 Å². The zero-order chi connectivity index (χ0) is 20.4. The van der Waals surface area contributed by atoms with E-state index < -0.39 is 0 Å². The Morgan fingerprint density at radius 3 is 2.55 bits per heavy atom. The summed E-state index contributed by atoms with van der Waals surface area (Å²) in [5, 5.41) is 1.75. The molecule has 0 radical (unpaired) electrons. The molecule has 2 aromatic heterocycles. The van der Waals surface area contributed by atoms with Crippen molar-refractivity contribution in [3.8, 4) is 5.69 Å². The molecule has 29 heavy (non-hydrogen) atoms. The zero-order valence-electron chi connectivity index (χ0n) is 17.2. The van der Waals surface area contributed by atoms with Gasteiger partial charge in [-0.25, -0.2) is 4.98 Å². The first-order valence-electron chi connectivity index (χ1n) is 10.2. The second-order valence-electron chi connectivity index (χ2n) is 7.27. The van der Waals surface area contributed by atoms with Crippen molar-refractivity contribution in [1.82, 2.24) is 14.5 Å². The molecular weight excluding hydrogens is 380 g/mol. The summed E-state index contributed by atoms with van der Waals surface area (Å²) >= 11 is 1.67. The number of nitrogens with one attached hydrogen (secondary N) is 2. The van der Waals surface area contributed by atoms with Gasteiger partial charge in [-0.2, -0.15) is 0 Å². The number of aromatic nitrogens is 3. The van der Waals surface area contributed by atoms with Crippen LogP contribution in [0, 0.1) is 6.92 Å². The number of fused-ring (bicyclic) bond motifs is 3. The van der Waals surface area contributed by atoms with Crippen LogP contribution in [0.5, 0.6) is 0 Å². The Balaban J connectivity index is 1.88. The first-order chi connectivity index (χ1) is 14.1. The van der Waals surface area contributed by atoms with E-state index in [1.807, 2.05) is 55.5 Å². The normalized spacial score (nSPS) is 11.7. The summed E-state index contributed by atoms with van der Waals surface area (Å²) in [5.41, 5.74) is 4.17. The highest BCUT2D eigenvalue weighted by molar-refractivity contribution is 7.99. The van der Waals surface area contributed by atoms with Crippen molar-refractivity contribution < 1.29 is 4.90 Å². The summed E-state index contributed by atoms with van der Waals surface area (Å²) in [6.07, 6.45) is 0. The molecule has 0 amide bonds. The van der Waals surface area contributed by atoms with Gasteiger partial charge in [0.2, 0.25) is 0 Å². The van der Waals surface area contributed by atoms with E-state index in [4.69, 9.17) is 4.98 Å². The molecule has 0 aliphatic rings. The Hall–Kier alpha value is -2.57. The average Bonchev–Trinajstić information content (AvgIpc) is 3.11. The van der Waals surface area contributed by atoms with Crippen LogP contribution in [0.3, 0.4) is 0 Å². The van der Waals surface area contributed by atoms with Gasteiger partial charge in [0.25, 0.3) is 5.56 Å². The van der Waals surface area contributed by atoms with Gasteiger partial charge in [-0.15, -0.1) is 0 Å². The molecule has 0 aliphatic heterocycles. The van der Waals surface area contributed by atoms with E-state index in [2.05, 4.69) is 18.8 Å². The summed E-state index contributed by atoms with van der Waals surface area (Å²) in [4.78, 5) is 23.4. The second kappa shape index (κ2) is 8.43. The van der Waals surface area contributed by atoms with Crippen LogP contribution >= 0.6 is 11.8 Å². The topological polar surface area (TPSA) is 55.1 Å². The van der Waals surface area contributed by atoms with Gasteiger partial charge in [-0.05, 0) is 38.5 Å². The number of nitrogens with zero attached hydrogens (tertiary/aromatic N) is 2. The maximum Gasteiger partial charge on any atom is 0.283 e. The third-order valence-electron chi connectivity index (χ3n) is 5.54. The van der Waals surface area contributed by atoms with Crippen LogP contribution in [0.1, 0.15) is 19.4 Å². The van der Waals surface area contributed by atoms with Crippen LogP contribution < -0.4 is 10.5 Å². The Morgan fingerprint density at radius 1 is 1.07 bits per heavy atom. The largest absolute Gasteiger partial charge is 0.349 e. The summed E-state index contributed by atoms with van der Waals surface area (Å²) in [5.74, 6) is 0.920. The molecule has 0 spiro atoms. The molecule has 5 nitrogen and oxygen atoms in total. The van der Waals surface area contributed by atoms with E-state index in [0.717, 1.165) is 58.2 Å². The summed E-state index contributed by atoms with van der Waals surface area (Å²) in [7, 11) is 0. The van der Waals surface area contributed by atoms with Crippen LogP contribution in [-0.2, 0) is 0 Å². The molecule has 0 atom stereocenters. The van der Waals surface area contributed by atoms with Gasteiger partial charge in [-0.1, -0.05) is 48.2 Å². The van der Waals surface area contributed by atoms with Crippen LogP contribution in [0.2, 0.25) is 0 Å². The number of hydrogen-bond donors (Lipinski definition) is 2. The van der Waals surface area contributed by atoms with Crippen LogP contribution in [0.4, 0.5) is 0 Å². The quantitative estimate of drug-likeness (QED) is 0.365. The minimum atomic E-state index is -0.0433. The first-order valence-corrected chi connectivity index (χ1v) is 11.2. The molecule has 2 N–H and O–H groups in total. The Morgan fingerprint density at radius 2 is 1.79 bits per heavy atom. The third kappa shape index (κ3) is 3.70. The van der Waals surface area contributed by atoms with Gasteiger partial charge in [0.15, 0.2) is 5.16 Å². The average molecular weight is 408 g/mol. The maximum absolute atomic E-state index is 13.6. The fourth-order valence-corrected chi connectivity index (χ4v) is 4.80. The number of para-hydroxylation sites is 2. The molecule has 2 heterocycles. The Bertz CT molecular complexity index is 1210. The van der Waals surface area contributed by atoms with Crippen molar-refractivity contribution in [1.29, 1.82) is 0 Å². The van der Waals surface area contributed by atoms with Crippen molar-refractivity contribution in [3.05, 3.63) is 64.4 Å². The van der Waals surface area contributed by atoms with Crippen LogP contribution in [0.25, 0.3) is 27.6 Å². The number of rotatable bonds is 7. The van der Waals surface area contributed by atoms with E-state index in [-0.39, 0.29) is 5.56 Å². The molecule has 2 aromatic carbocycles. The summed E-state index contributed by atoms with van der Waals surface area (Å²) < 4.78 is 1.77. The highest BCUT2D eigenvalue weighted by Crippen LogP contribution is 2.26. The molecule has 0 bridgehead atoms. The predicted octanol–water partition coefficient (Wildman–Crippen LogP) is 3.19. The van der Waals surface area contributed by atoms with Gasteiger partial charge >= 0.3 is 0 Å². The maximum atomic E-state index is 13.6. The zero-order valence-corrected chi connectivity index (χ0v) is 18.0. The number of H-pyrrole nitrogens is 1. The van der Waals surface area contributed by atoms with Crippen LogP contribution in [-0.4, -0.2) is 39.9 Å². The van der Waals surface area contributed by atoms with Crippen molar-refractivity contribution in [2.24, 2.45) is 0 Å². The number of hydrogen-bond acceptors (Lipinski definition) is 3. The lowest BCUT2D eigenvalue weighted by atomic mass is 10.2. The SMILES string of the molecule is CC[NH+](CC)CCSc1nc2c([nH]c3ccccc32)c(=O)n1-c1ccccc1C. The molecule has 150 valence electrons. The van der Waals surface area contributed by atoms with Gasteiger partial charge in [-0.3, -0.25) is 9.36 Å². The Kier molecular flexibility index (Phi) is 5.74. The van der Waals surface area contributed by atoms with Crippen molar-refractivity contribution >= 4 is 33.7 Å². The fraction of sp³-hybridized carbons (Fsp3) is 0.304. The van der Waals surface area contributed by atoms with E-state index in [9.17, 15) is 4.79 Å². The number of quaternary nitrogens is 1. The first kappa shape index (κ1) is 19.7. The number of aromatic amines is 1. The van der Waals surface area contributed by atoms with E-state index in [1.54, 1.807) is 21.2 Å². The second-order valence-corrected chi connectivity index (χ2v) is 8.33. The van der Waals surface area contributed by atoms with E-state index in [0.29, 0.717) is 5.52 Å². The fourth-order valence-electron chi connectivity index (χ4n) is 3.76. The lowest BCUT2D eigenvalue weighted by Crippen LogP contribution is -3.11. The summed E-state index contributed by atoms with van der Waals surface area (Å²) in [6, 6.07) is 16.0. The van der Waals surface area contributed by atoms with Crippen molar-refractivity contribution in [3.63, 3.8) is 0 Å². The minimum absolute atomic E-state index is 0.0433. The molecule has 4 aromatic rings. The number of thioether (sulfide) groups is 1. The van der Waals surface area contributed by atoms with Crippen molar-refractivity contribution in [2.75, 3.05) is 25.4 Å². The number of aryl methyl sites for hydroxylation is 1. The standard InChI is InChI=1S/C23H26N4OS/c1-4-26(5-2)14-15-29-23-25-20-17-11-7-8-12-18(17)24-21(20)22(28)27(23)19-13-9-6-10-16(19)3/h6-13,24H,4-5,14-15H2,1-3H3/p+1. The molecule has 4 rings (SSSR count). The minimum Gasteiger partial charge on any atom is -0.349 e. The lowest BCUT2D eigenvalue weighted by molar-refractivity contribution is -0.893. The molecule has 6 heteroatoms.